The van der Waals surface area contributed by atoms with Crippen molar-refractivity contribution in [3.05, 3.63) is 23.8 Å². The molecule has 0 aromatic heterocycles. The number of anilines is 1. The van der Waals surface area contributed by atoms with Gasteiger partial charge in [-0.3, -0.25) is 9.59 Å². The molecular formula is C16H23N3O3. The van der Waals surface area contributed by atoms with Crippen molar-refractivity contribution in [3.8, 4) is 5.75 Å². The second kappa shape index (κ2) is 6.36. The molecular weight excluding hydrogens is 282 g/mol. The van der Waals surface area contributed by atoms with E-state index in [0.717, 1.165) is 6.54 Å². The fraction of sp³-hybridized carbons (Fsp3) is 0.500. The molecule has 0 radical (unpaired) electrons. The van der Waals surface area contributed by atoms with Crippen LogP contribution in [0.15, 0.2) is 18.2 Å². The third kappa shape index (κ3) is 4.21. The predicted octanol–water partition coefficient (Wildman–Crippen LogP) is 1.34. The fourth-order valence-electron chi connectivity index (χ4n) is 2.56. The molecule has 0 saturated heterocycles. The van der Waals surface area contributed by atoms with Crippen molar-refractivity contribution in [2.24, 2.45) is 5.41 Å². The molecule has 0 unspecified atom stereocenters. The van der Waals surface area contributed by atoms with Crippen LogP contribution < -0.4 is 15.4 Å². The zero-order valence-electron chi connectivity index (χ0n) is 13.5. The number of nitrogens with one attached hydrogen (secondary N) is 2. The zero-order chi connectivity index (χ0) is 16.3. The first kappa shape index (κ1) is 16.3. The first-order valence-electron chi connectivity index (χ1n) is 7.26. The summed E-state index contributed by atoms with van der Waals surface area (Å²) in [6.07, 6.45) is 0. The number of ether oxygens (including phenoxy) is 1. The van der Waals surface area contributed by atoms with Gasteiger partial charge in [-0.05, 0) is 37.7 Å². The molecule has 1 aromatic rings. The Morgan fingerprint density at radius 3 is 2.82 bits per heavy atom. The van der Waals surface area contributed by atoms with Crippen molar-refractivity contribution in [1.82, 2.24) is 10.2 Å². The van der Waals surface area contributed by atoms with E-state index in [1.807, 2.05) is 14.1 Å². The van der Waals surface area contributed by atoms with Gasteiger partial charge in [-0.25, -0.2) is 0 Å². The molecule has 1 aromatic carbocycles. The maximum atomic E-state index is 12.3. The minimum absolute atomic E-state index is 0.0112. The maximum Gasteiger partial charge on any atom is 0.262 e. The van der Waals surface area contributed by atoms with Crippen molar-refractivity contribution in [2.45, 2.75) is 13.8 Å². The summed E-state index contributed by atoms with van der Waals surface area (Å²) in [7, 11) is 4.02. The normalized spacial score (nSPS) is 14.1. The Kier molecular flexibility index (Phi) is 4.71. The van der Waals surface area contributed by atoms with Crippen molar-refractivity contribution in [1.29, 1.82) is 0 Å². The third-order valence-corrected chi connectivity index (χ3v) is 3.35. The van der Waals surface area contributed by atoms with Gasteiger partial charge in [0.05, 0.1) is 5.69 Å². The van der Waals surface area contributed by atoms with Gasteiger partial charge in [-0.1, -0.05) is 13.8 Å². The Labute approximate surface area is 130 Å². The molecule has 0 atom stereocenters. The molecule has 2 amide bonds. The predicted molar refractivity (Wildman–Crippen MR) is 85.2 cm³/mol. The number of hydrogen-bond donors (Lipinski definition) is 2. The molecule has 6 heteroatoms. The SMILES string of the molecule is CN(C)CC(C)(C)CNC(=O)c1ccc2c(c1)NC(=O)CO2. The molecule has 0 aliphatic carbocycles. The average molecular weight is 305 g/mol. The number of nitrogens with zero attached hydrogens (tertiary/aromatic N) is 1. The van der Waals surface area contributed by atoms with Crippen LogP contribution in [0, 0.1) is 5.41 Å². The van der Waals surface area contributed by atoms with Crippen molar-refractivity contribution in [2.75, 3.05) is 39.1 Å². The molecule has 0 fully saturated rings. The van der Waals surface area contributed by atoms with Gasteiger partial charge in [0.15, 0.2) is 6.61 Å². The summed E-state index contributed by atoms with van der Waals surface area (Å²) in [5.74, 6) is 0.218. The molecule has 22 heavy (non-hydrogen) atoms. The number of hydrogen-bond acceptors (Lipinski definition) is 4. The molecule has 0 saturated carbocycles. The third-order valence-electron chi connectivity index (χ3n) is 3.35. The highest BCUT2D eigenvalue weighted by molar-refractivity contribution is 5.99. The molecule has 120 valence electrons. The van der Waals surface area contributed by atoms with Crippen LogP contribution in [0.5, 0.6) is 5.75 Å². The standard InChI is InChI=1S/C16H23N3O3/c1-16(2,10-19(3)4)9-17-15(21)11-5-6-13-12(7-11)18-14(20)8-22-13/h5-7H,8-10H2,1-4H3,(H,17,21)(H,18,20). The fourth-order valence-corrected chi connectivity index (χ4v) is 2.56. The average Bonchev–Trinajstić information content (AvgIpc) is 2.42. The van der Waals surface area contributed by atoms with Gasteiger partial charge in [0.25, 0.3) is 11.8 Å². The van der Waals surface area contributed by atoms with E-state index in [9.17, 15) is 9.59 Å². The Bertz CT molecular complexity index is 582. The summed E-state index contributed by atoms with van der Waals surface area (Å²) >= 11 is 0. The molecule has 1 aliphatic heterocycles. The highest BCUT2D eigenvalue weighted by atomic mass is 16.5. The van der Waals surface area contributed by atoms with Crippen LogP contribution in [0.2, 0.25) is 0 Å². The smallest absolute Gasteiger partial charge is 0.262 e. The van der Waals surface area contributed by atoms with E-state index < -0.39 is 0 Å². The molecule has 6 nitrogen and oxygen atoms in total. The summed E-state index contributed by atoms with van der Waals surface area (Å²) in [4.78, 5) is 25.7. The van der Waals surface area contributed by atoms with E-state index in [2.05, 4.69) is 29.4 Å². The van der Waals surface area contributed by atoms with Crippen molar-refractivity contribution in [3.63, 3.8) is 0 Å². The summed E-state index contributed by atoms with van der Waals surface area (Å²) in [6.45, 7) is 5.67. The highest BCUT2D eigenvalue weighted by Crippen LogP contribution is 2.28. The first-order valence-corrected chi connectivity index (χ1v) is 7.26. The van der Waals surface area contributed by atoms with Crippen molar-refractivity contribution >= 4 is 17.5 Å². The van der Waals surface area contributed by atoms with Crippen LogP contribution in [0.4, 0.5) is 5.69 Å². The zero-order valence-corrected chi connectivity index (χ0v) is 13.5. The lowest BCUT2D eigenvalue weighted by atomic mass is 9.93. The van der Waals surface area contributed by atoms with Gasteiger partial charge in [0.1, 0.15) is 5.75 Å². The van der Waals surface area contributed by atoms with E-state index in [0.29, 0.717) is 23.5 Å². The van der Waals surface area contributed by atoms with E-state index in [-0.39, 0.29) is 23.8 Å². The van der Waals surface area contributed by atoms with Crippen LogP contribution in [0.25, 0.3) is 0 Å². The minimum atomic E-state index is -0.211. The van der Waals surface area contributed by atoms with Gasteiger partial charge in [-0.15, -0.1) is 0 Å². The maximum absolute atomic E-state index is 12.3. The second-order valence-corrected chi connectivity index (χ2v) is 6.63. The monoisotopic (exact) mass is 305 g/mol. The van der Waals surface area contributed by atoms with E-state index in [1.54, 1.807) is 18.2 Å². The number of benzene rings is 1. The molecule has 2 rings (SSSR count). The van der Waals surface area contributed by atoms with Crippen LogP contribution in [-0.4, -0.2) is 50.5 Å². The van der Waals surface area contributed by atoms with Crippen LogP contribution >= 0.6 is 0 Å². The quantitative estimate of drug-likeness (QED) is 0.861. The minimum Gasteiger partial charge on any atom is -0.482 e. The number of carbonyl (C=O) groups is 2. The Morgan fingerprint density at radius 2 is 2.14 bits per heavy atom. The Balaban J connectivity index is 2.01. The Morgan fingerprint density at radius 1 is 1.41 bits per heavy atom. The first-order chi connectivity index (χ1) is 10.3. The highest BCUT2D eigenvalue weighted by Gasteiger charge is 2.21. The number of fused-ring (bicyclic) bond motifs is 1. The number of rotatable bonds is 5. The lowest BCUT2D eigenvalue weighted by Gasteiger charge is -2.28. The van der Waals surface area contributed by atoms with E-state index in [4.69, 9.17) is 4.74 Å². The Hall–Kier alpha value is -2.08. The topological polar surface area (TPSA) is 70.7 Å². The lowest BCUT2D eigenvalue weighted by molar-refractivity contribution is -0.118. The van der Waals surface area contributed by atoms with Gasteiger partial charge < -0.3 is 20.3 Å². The van der Waals surface area contributed by atoms with Crippen LogP contribution in [-0.2, 0) is 4.79 Å². The van der Waals surface area contributed by atoms with Crippen LogP contribution in [0.1, 0.15) is 24.2 Å². The summed E-state index contributed by atoms with van der Waals surface area (Å²) in [5.41, 5.74) is 1.02. The second-order valence-electron chi connectivity index (χ2n) is 6.63. The summed E-state index contributed by atoms with van der Waals surface area (Å²) in [6, 6.07) is 5.04. The lowest BCUT2D eigenvalue weighted by Crippen LogP contribution is -2.40. The van der Waals surface area contributed by atoms with Gasteiger partial charge >= 0.3 is 0 Å². The van der Waals surface area contributed by atoms with E-state index >= 15 is 0 Å². The molecule has 1 heterocycles. The van der Waals surface area contributed by atoms with E-state index in [1.165, 1.54) is 0 Å². The van der Waals surface area contributed by atoms with Crippen molar-refractivity contribution < 1.29 is 14.3 Å². The molecule has 0 spiro atoms. The van der Waals surface area contributed by atoms with Gasteiger partial charge in [0, 0.05) is 18.7 Å². The number of amides is 2. The summed E-state index contributed by atoms with van der Waals surface area (Å²) < 4.78 is 5.28. The summed E-state index contributed by atoms with van der Waals surface area (Å²) in [5, 5.41) is 5.65. The van der Waals surface area contributed by atoms with Gasteiger partial charge in [0.2, 0.25) is 0 Å². The molecule has 2 N–H and O–H groups in total. The van der Waals surface area contributed by atoms with Gasteiger partial charge in [-0.2, -0.15) is 0 Å². The number of carbonyl (C=O) groups excluding carboxylic acids is 2. The molecule has 1 aliphatic rings. The largest absolute Gasteiger partial charge is 0.482 e. The van der Waals surface area contributed by atoms with Crippen LogP contribution in [0.3, 0.4) is 0 Å². The molecule has 0 bridgehead atoms.